The number of furan rings is 2. The predicted octanol–water partition coefficient (Wildman–Crippen LogP) is 14.5. The van der Waals surface area contributed by atoms with Crippen molar-refractivity contribution in [3.63, 3.8) is 0 Å². The molecule has 6 aromatic carbocycles. The van der Waals surface area contributed by atoms with Gasteiger partial charge in [0.1, 0.15) is 40.1 Å². The minimum absolute atomic E-state index is 0.0251. The lowest BCUT2D eigenvalue weighted by molar-refractivity contribution is -0.151. The Hall–Kier alpha value is -8.63. The van der Waals surface area contributed by atoms with E-state index < -0.39 is 43.4 Å². The van der Waals surface area contributed by atoms with Crippen LogP contribution in [0.3, 0.4) is 0 Å². The van der Waals surface area contributed by atoms with E-state index in [-0.39, 0.29) is 80.7 Å². The molecule has 2 saturated carbocycles. The lowest BCUT2D eigenvalue weighted by Crippen LogP contribution is -2.34. The third-order valence-electron chi connectivity index (χ3n) is 16.1. The number of nitrogens with zero attached hydrogens (tertiary/aromatic N) is 2. The Balaban J connectivity index is 0.000000222. The fourth-order valence-electron chi connectivity index (χ4n) is 11.2. The maximum atomic E-state index is 13.7. The Labute approximate surface area is 540 Å². The number of fused-ring (bicyclic) bond motifs is 2. The fourth-order valence-corrected chi connectivity index (χ4v) is 13.0. The molecular weight excluding hydrogens is 1230 g/mol. The average Bonchev–Trinajstić information content (AvgIpc) is 1.63. The maximum absolute atomic E-state index is 13.7. The van der Waals surface area contributed by atoms with Crippen LogP contribution in [0.5, 0.6) is 0 Å². The quantitative estimate of drug-likeness (QED) is 0.0106. The van der Waals surface area contributed by atoms with Gasteiger partial charge in [0.15, 0.2) is 17.3 Å². The lowest BCUT2D eigenvalue weighted by atomic mass is 9.97. The van der Waals surface area contributed by atoms with Crippen LogP contribution in [0.1, 0.15) is 150 Å². The number of sulfonamides is 2. The molecule has 0 amide bonds. The molecule has 490 valence electrons. The molecule has 0 saturated heterocycles. The first-order chi connectivity index (χ1) is 44.5. The molecule has 0 unspecified atom stereocenters. The van der Waals surface area contributed by atoms with Crippen LogP contribution in [0.2, 0.25) is 0 Å². The Kier molecular flexibility index (Phi) is 22.5. The SMILES string of the molecule is CCC(=O)c1c(-c2ccc(F)cc2)oc2cc(N(CCOCCCc3cccc(C(C)=O)c3)S(C)(=O)=O)c(C3CC3)cc12.CCOC(=O)C(=O)C=C(O)c1cccc(CCCOCCN(c2cc3oc(-c4ccc(F)cc4)c(C(=O)CC)c3cc2C2CC2)S(C)(=O)=O)c1. The smallest absolute Gasteiger partial charge is 0.379 e. The first-order valence-electron chi connectivity index (χ1n) is 31.2. The average molecular weight is 1310 g/mol. The molecule has 0 radical (unpaired) electrons. The molecule has 0 spiro atoms. The van der Waals surface area contributed by atoms with Crippen LogP contribution in [0.15, 0.2) is 136 Å². The van der Waals surface area contributed by atoms with Crippen molar-refractivity contribution in [2.45, 2.75) is 104 Å². The molecule has 2 aliphatic rings. The Morgan fingerprint density at radius 1 is 0.581 bits per heavy atom. The van der Waals surface area contributed by atoms with Crippen LogP contribution < -0.4 is 8.61 Å². The van der Waals surface area contributed by atoms with Gasteiger partial charge in [-0.2, -0.15) is 0 Å². The second kappa shape index (κ2) is 30.4. The van der Waals surface area contributed by atoms with Crippen molar-refractivity contribution in [3.8, 4) is 22.6 Å². The van der Waals surface area contributed by atoms with Crippen molar-refractivity contribution in [3.05, 3.63) is 184 Å². The van der Waals surface area contributed by atoms with Gasteiger partial charge in [-0.15, -0.1) is 0 Å². The number of carbonyl (C=O) groups is 5. The lowest BCUT2D eigenvalue weighted by Gasteiger charge is -2.25. The zero-order chi connectivity index (χ0) is 66.7. The molecule has 93 heavy (non-hydrogen) atoms. The van der Waals surface area contributed by atoms with Crippen LogP contribution in [0.4, 0.5) is 20.2 Å². The van der Waals surface area contributed by atoms with Gasteiger partial charge >= 0.3 is 5.97 Å². The standard InChI is InChI=1S/C38H40FNO9S.C34H36FNO6S/c1-4-32(41)36-30-21-29(25-11-12-25)31(22-35(30)49-37(36)26-13-15-28(39)16-14-26)40(50(3,45)46)17-19-47-18-7-9-24-8-6-10-27(20-24)33(42)23-34(43)38(44)48-5-2;1-4-31(38)33-29-20-28(24-10-11-24)30(21-32(29)42-34(33)25-12-14-27(35)15-13-25)36(43(3,39)40)16-18-41-17-6-8-23-7-5-9-26(19-23)22(2)37/h6,8,10,13-16,20-23,25,42H,4-5,7,9,11-12,17-19H2,1-3H3;5,7,9,12-15,19-21,24H,4,6,8,10-11,16-18H2,1-3H3. The number of hydrogen-bond donors (Lipinski definition) is 1. The molecule has 0 atom stereocenters. The summed E-state index contributed by atoms with van der Waals surface area (Å²) in [4.78, 5) is 61.4. The summed E-state index contributed by atoms with van der Waals surface area (Å²) in [6, 6.07) is 33.1. The number of anilines is 2. The topological polar surface area (TPSA) is 234 Å². The minimum atomic E-state index is -3.74. The summed E-state index contributed by atoms with van der Waals surface area (Å²) in [5.74, 6) is -2.36. The summed E-state index contributed by atoms with van der Waals surface area (Å²) >= 11 is 0. The zero-order valence-electron chi connectivity index (χ0n) is 52.9. The van der Waals surface area contributed by atoms with E-state index in [0.29, 0.717) is 104 Å². The van der Waals surface area contributed by atoms with Crippen molar-refractivity contribution < 1.29 is 77.7 Å². The summed E-state index contributed by atoms with van der Waals surface area (Å²) in [6.07, 6.45) is 9.94. The van der Waals surface area contributed by atoms with E-state index in [9.17, 15) is 54.7 Å². The molecule has 2 fully saturated rings. The highest BCUT2D eigenvalue weighted by Gasteiger charge is 2.35. The van der Waals surface area contributed by atoms with Gasteiger partial charge in [-0.3, -0.25) is 27.8 Å². The van der Waals surface area contributed by atoms with Crippen LogP contribution in [-0.4, -0.2) is 110 Å². The zero-order valence-corrected chi connectivity index (χ0v) is 54.6. The number of ketones is 4. The Morgan fingerprint density at radius 3 is 1.39 bits per heavy atom. The van der Waals surface area contributed by atoms with Crippen LogP contribution in [0, 0.1) is 11.6 Å². The molecule has 21 heteroatoms. The third kappa shape index (κ3) is 17.3. The predicted molar refractivity (Wildman–Crippen MR) is 354 cm³/mol. The maximum Gasteiger partial charge on any atom is 0.379 e. The number of esters is 1. The summed E-state index contributed by atoms with van der Waals surface area (Å²) in [6.45, 7) is 7.98. The summed E-state index contributed by atoms with van der Waals surface area (Å²) in [7, 11) is -7.41. The van der Waals surface area contributed by atoms with E-state index in [1.54, 1.807) is 88.4 Å². The van der Waals surface area contributed by atoms with Gasteiger partial charge in [0, 0.05) is 77.3 Å². The Bertz CT molecular complexity index is 4340. The molecule has 17 nitrogen and oxygen atoms in total. The molecule has 0 bridgehead atoms. The van der Waals surface area contributed by atoms with E-state index >= 15 is 0 Å². The van der Waals surface area contributed by atoms with E-state index in [1.165, 1.54) is 39.1 Å². The van der Waals surface area contributed by atoms with Crippen molar-refractivity contribution in [2.24, 2.45) is 0 Å². The molecule has 2 aromatic heterocycles. The molecule has 0 aliphatic heterocycles. The van der Waals surface area contributed by atoms with E-state index in [4.69, 9.17) is 18.3 Å². The number of aliphatic hydroxyl groups excluding tert-OH is 1. The van der Waals surface area contributed by atoms with Gasteiger partial charge in [0.05, 0.1) is 67.9 Å². The van der Waals surface area contributed by atoms with Crippen molar-refractivity contribution in [2.75, 3.05) is 67.2 Å². The largest absolute Gasteiger partial charge is 0.507 e. The highest BCUT2D eigenvalue weighted by atomic mass is 32.2. The van der Waals surface area contributed by atoms with Crippen LogP contribution >= 0.6 is 0 Å². The van der Waals surface area contributed by atoms with Gasteiger partial charge in [-0.25, -0.2) is 30.4 Å². The highest BCUT2D eigenvalue weighted by Crippen LogP contribution is 2.50. The number of aryl methyl sites for hydroxylation is 2. The molecule has 8 aromatic rings. The number of ether oxygens (including phenoxy) is 3. The molecule has 2 heterocycles. The number of hydrogen-bond acceptors (Lipinski definition) is 15. The van der Waals surface area contributed by atoms with Gasteiger partial charge in [-0.05, 0) is 172 Å². The van der Waals surface area contributed by atoms with Gasteiger partial charge < -0.3 is 28.2 Å². The first-order valence-corrected chi connectivity index (χ1v) is 34.9. The second-order valence-electron chi connectivity index (χ2n) is 23.2. The monoisotopic (exact) mass is 1310 g/mol. The van der Waals surface area contributed by atoms with Gasteiger partial charge in [0.2, 0.25) is 20.0 Å². The number of carbonyl (C=O) groups excluding carboxylic acids is 5. The summed E-state index contributed by atoms with van der Waals surface area (Å²) in [5.41, 5.74) is 8.38. The fraction of sp³-hybridized carbons (Fsp3) is 0.347. The van der Waals surface area contributed by atoms with Gasteiger partial charge in [-0.1, -0.05) is 50.2 Å². The van der Waals surface area contributed by atoms with Crippen molar-refractivity contribution >= 4 is 88.2 Å². The van der Waals surface area contributed by atoms with Crippen LogP contribution in [0.25, 0.3) is 50.3 Å². The Morgan fingerprint density at radius 2 is 1.00 bits per heavy atom. The number of rotatable bonds is 31. The number of halogens is 2. The number of aliphatic hydroxyl groups is 1. The third-order valence-corrected chi connectivity index (χ3v) is 18.5. The molecule has 1 N–H and O–H groups in total. The highest BCUT2D eigenvalue weighted by molar-refractivity contribution is 7.92. The minimum Gasteiger partial charge on any atom is -0.507 e. The molecule has 10 rings (SSSR count). The normalized spacial score (nSPS) is 13.4. The number of Topliss-reactive ketones (excluding diaryl/α,β-unsaturated/α-hetero) is 3. The van der Waals surface area contributed by atoms with E-state index in [2.05, 4.69) is 4.74 Å². The van der Waals surface area contributed by atoms with Crippen molar-refractivity contribution in [1.82, 2.24) is 0 Å². The van der Waals surface area contributed by atoms with E-state index in [0.717, 1.165) is 73.1 Å². The summed E-state index contributed by atoms with van der Waals surface area (Å²) in [5, 5.41) is 11.6. The summed E-state index contributed by atoms with van der Waals surface area (Å²) < 4.78 is 111. The van der Waals surface area contributed by atoms with Gasteiger partial charge in [0.25, 0.3) is 5.78 Å². The number of benzene rings is 6. The van der Waals surface area contributed by atoms with Crippen LogP contribution in [-0.2, 0) is 56.7 Å². The van der Waals surface area contributed by atoms with Crippen molar-refractivity contribution in [1.29, 1.82) is 0 Å². The molecule has 2 aliphatic carbocycles. The molecular formula is C72H76F2N2O15S2. The van der Waals surface area contributed by atoms with E-state index in [1.807, 2.05) is 36.4 Å². The first kappa shape index (κ1) is 68.7. The second-order valence-corrected chi connectivity index (χ2v) is 27.0.